The van der Waals surface area contributed by atoms with E-state index in [1.807, 2.05) is 0 Å². The Labute approximate surface area is 128 Å². The van der Waals surface area contributed by atoms with Gasteiger partial charge in [0, 0.05) is 17.2 Å². The highest BCUT2D eigenvalue weighted by atomic mass is 16.5. The normalized spacial score (nSPS) is 10.3. The lowest BCUT2D eigenvalue weighted by Gasteiger charge is -2.13. The Hall–Kier alpha value is -2.94. The van der Waals surface area contributed by atoms with Crippen molar-refractivity contribution in [2.24, 2.45) is 0 Å². The van der Waals surface area contributed by atoms with Crippen LogP contribution in [0.3, 0.4) is 0 Å². The van der Waals surface area contributed by atoms with E-state index in [2.05, 4.69) is 11.0 Å². The fraction of sp³-hybridized carbons (Fsp3) is 0.250. The third kappa shape index (κ3) is 3.58. The monoisotopic (exact) mass is 300 g/mol. The molecule has 0 saturated heterocycles. The highest BCUT2D eigenvalue weighted by molar-refractivity contribution is 5.92. The molecule has 1 aromatic heterocycles. The largest absolute Gasteiger partial charge is 0.472 e. The first-order chi connectivity index (χ1) is 10.5. The summed E-state index contributed by atoms with van der Waals surface area (Å²) in [6.07, 6.45) is 6.57. The maximum absolute atomic E-state index is 12.2. The molecule has 0 aliphatic rings. The standard InChI is InChI=1S/C16H16N2O4/c1-4-12-6-5-7-13(16(19)22-11(2)3)14(12)10-21-15-8-9-18(20)17-15/h1,5-9,11,20H,10H2,2-3H3. The molecular weight excluding hydrogens is 284 g/mol. The molecule has 0 radical (unpaired) electrons. The molecule has 0 spiro atoms. The van der Waals surface area contributed by atoms with E-state index < -0.39 is 5.97 Å². The van der Waals surface area contributed by atoms with Crippen LogP contribution < -0.4 is 4.74 Å². The molecule has 2 rings (SSSR count). The molecule has 6 nitrogen and oxygen atoms in total. The van der Waals surface area contributed by atoms with Gasteiger partial charge in [-0.25, -0.2) is 4.79 Å². The number of terminal acetylenes is 1. The van der Waals surface area contributed by atoms with Crippen LogP contribution in [-0.2, 0) is 11.3 Å². The van der Waals surface area contributed by atoms with Crippen LogP contribution in [0.4, 0.5) is 0 Å². The van der Waals surface area contributed by atoms with Crippen LogP contribution in [0.1, 0.15) is 35.3 Å². The van der Waals surface area contributed by atoms with Crippen molar-refractivity contribution >= 4 is 5.97 Å². The highest BCUT2D eigenvalue weighted by Crippen LogP contribution is 2.19. The first-order valence-corrected chi connectivity index (χ1v) is 6.68. The first kappa shape index (κ1) is 15.4. The van der Waals surface area contributed by atoms with Crippen molar-refractivity contribution in [3.05, 3.63) is 47.2 Å². The first-order valence-electron chi connectivity index (χ1n) is 6.68. The number of carbonyl (C=O) groups excluding carboxylic acids is 1. The van der Waals surface area contributed by atoms with Crippen LogP contribution in [-0.4, -0.2) is 27.2 Å². The quantitative estimate of drug-likeness (QED) is 0.521. The molecule has 0 aliphatic carbocycles. The zero-order valence-corrected chi connectivity index (χ0v) is 12.3. The van der Waals surface area contributed by atoms with E-state index in [9.17, 15) is 4.79 Å². The average molecular weight is 300 g/mol. The summed E-state index contributed by atoms with van der Waals surface area (Å²) in [5.41, 5.74) is 1.44. The summed E-state index contributed by atoms with van der Waals surface area (Å²) in [7, 11) is 0. The molecule has 0 atom stereocenters. The maximum Gasteiger partial charge on any atom is 0.338 e. The summed E-state index contributed by atoms with van der Waals surface area (Å²) in [4.78, 5) is 12.8. The Morgan fingerprint density at radius 2 is 2.23 bits per heavy atom. The fourth-order valence-electron chi connectivity index (χ4n) is 1.87. The number of ether oxygens (including phenoxy) is 2. The molecule has 1 heterocycles. The lowest BCUT2D eigenvalue weighted by molar-refractivity contribution is 0.0374. The van der Waals surface area contributed by atoms with E-state index in [1.54, 1.807) is 32.0 Å². The van der Waals surface area contributed by atoms with Gasteiger partial charge in [0.2, 0.25) is 5.88 Å². The van der Waals surface area contributed by atoms with Gasteiger partial charge in [0.25, 0.3) is 0 Å². The number of hydrogen-bond acceptors (Lipinski definition) is 5. The molecule has 0 amide bonds. The second-order valence-corrected chi connectivity index (χ2v) is 4.79. The topological polar surface area (TPSA) is 73.6 Å². The van der Waals surface area contributed by atoms with E-state index in [-0.39, 0.29) is 18.6 Å². The molecule has 22 heavy (non-hydrogen) atoms. The minimum atomic E-state index is -0.460. The third-order valence-corrected chi connectivity index (χ3v) is 2.81. The molecule has 2 aromatic rings. The Balaban J connectivity index is 2.27. The summed E-state index contributed by atoms with van der Waals surface area (Å²) < 4.78 is 10.7. The average Bonchev–Trinajstić information content (AvgIpc) is 2.89. The molecule has 0 aliphatic heterocycles. The number of rotatable bonds is 5. The van der Waals surface area contributed by atoms with Gasteiger partial charge in [0.1, 0.15) is 6.61 Å². The van der Waals surface area contributed by atoms with Crippen molar-refractivity contribution in [3.63, 3.8) is 0 Å². The van der Waals surface area contributed by atoms with E-state index in [0.29, 0.717) is 21.5 Å². The van der Waals surface area contributed by atoms with Crippen molar-refractivity contribution in [1.29, 1.82) is 0 Å². The Kier molecular flexibility index (Phi) is 4.69. The lowest BCUT2D eigenvalue weighted by atomic mass is 10.0. The second kappa shape index (κ2) is 6.68. The summed E-state index contributed by atoms with van der Waals surface area (Å²) >= 11 is 0. The summed E-state index contributed by atoms with van der Waals surface area (Å²) in [6, 6.07) is 6.53. The van der Waals surface area contributed by atoms with Crippen LogP contribution in [0.25, 0.3) is 0 Å². The van der Waals surface area contributed by atoms with Gasteiger partial charge in [0.15, 0.2) is 0 Å². The van der Waals surface area contributed by atoms with Crippen LogP contribution >= 0.6 is 0 Å². The number of nitrogens with zero attached hydrogens (tertiary/aromatic N) is 2. The third-order valence-electron chi connectivity index (χ3n) is 2.81. The SMILES string of the molecule is C#Cc1cccc(C(=O)OC(C)C)c1COc1ccn(O)n1. The Bertz CT molecular complexity index is 713. The minimum absolute atomic E-state index is 0.0416. The number of carbonyl (C=O) groups is 1. The predicted octanol–water partition coefficient (Wildman–Crippen LogP) is 2.25. The van der Waals surface area contributed by atoms with Crippen molar-refractivity contribution in [2.45, 2.75) is 26.6 Å². The zero-order chi connectivity index (χ0) is 16.1. The smallest absolute Gasteiger partial charge is 0.338 e. The lowest BCUT2D eigenvalue weighted by Crippen LogP contribution is -2.15. The maximum atomic E-state index is 12.2. The second-order valence-electron chi connectivity index (χ2n) is 4.79. The minimum Gasteiger partial charge on any atom is -0.472 e. The van der Waals surface area contributed by atoms with Gasteiger partial charge < -0.3 is 14.7 Å². The van der Waals surface area contributed by atoms with E-state index >= 15 is 0 Å². The van der Waals surface area contributed by atoms with E-state index in [0.717, 1.165) is 0 Å². The van der Waals surface area contributed by atoms with Gasteiger partial charge in [-0.1, -0.05) is 17.1 Å². The zero-order valence-electron chi connectivity index (χ0n) is 12.3. The Morgan fingerprint density at radius 3 is 2.82 bits per heavy atom. The summed E-state index contributed by atoms with van der Waals surface area (Å²) in [5, 5.41) is 12.8. The van der Waals surface area contributed by atoms with Crippen molar-refractivity contribution in [1.82, 2.24) is 9.94 Å². The van der Waals surface area contributed by atoms with Gasteiger partial charge >= 0.3 is 5.97 Å². The molecule has 0 fully saturated rings. The number of aromatic nitrogens is 2. The predicted molar refractivity (Wildman–Crippen MR) is 78.7 cm³/mol. The Morgan fingerprint density at radius 1 is 1.45 bits per heavy atom. The van der Waals surface area contributed by atoms with E-state index in [4.69, 9.17) is 21.1 Å². The van der Waals surface area contributed by atoms with Crippen molar-refractivity contribution in [2.75, 3.05) is 0 Å². The molecule has 0 bridgehead atoms. The van der Waals surface area contributed by atoms with E-state index in [1.165, 1.54) is 12.3 Å². The van der Waals surface area contributed by atoms with Crippen molar-refractivity contribution < 1.29 is 19.5 Å². The summed E-state index contributed by atoms with van der Waals surface area (Å²) in [6.45, 7) is 3.58. The molecule has 0 unspecified atom stereocenters. The highest BCUT2D eigenvalue weighted by Gasteiger charge is 2.17. The number of hydrogen-bond donors (Lipinski definition) is 1. The molecule has 114 valence electrons. The van der Waals surface area contributed by atoms with Gasteiger partial charge in [-0.15, -0.1) is 11.3 Å². The van der Waals surface area contributed by atoms with Gasteiger partial charge in [0.05, 0.1) is 17.9 Å². The van der Waals surface area contributed by atoms with Crippen molar-refractivity contribution in [3.8, 4) is 18.2 Å². The molecule has 6 heteroatoms. The van der Waals surface area contributed by atoms with Gasteiger partial charge in [-0.05, 0) is 26.0 Å². The van der Waals surface area contributed by atoms with Crippen LogP contribution in [0.2, 0.25) is 0 Å². The van der Waals surface area contributed by atoms with Gasteiger partial charge in [-0.2, -0.15) is 0 Å². The van der Waals surface area contributed by atoms with Crippen LogP contribution in [0.5, 0.6) is 5.88 Å². The number of esters is 1. The summed E-state index contributed by atoms with van der Waals surface area (Å²) in [5.74, 6) is 2.28. The van der Waals surface area contributed by atoms with Crippen LogP contribution in [0.15, 0.2) is 30.5 Å². The molecular formula is C16H16N2O4. The fourth-order valence-corrected chi connectivity index (χ4v) is 1.87. The van der Waals surface area contributed by atoms with Crippen LogP contribution in [0, 0.1) is 12.3 Å². The molecule has 0 saturated carbocycles. The van der Waals surface area contributed by atoms with Gasteiger partial charge in [-0.3, -0.25) is 0 Å². The number of benzene rings is 1. The molecule has 1 aromatic carbocycles. The molecule has 1 N–H and O–H groups in total.